The normalized spacial score (nSPS) is 21.0. The summed E-state index contributed by atoms with van der Waals surface area (Å²) in [5.41, 5.74) is 2.54. The number of aromatic nitrogens is 1. The van der Waals surface area contributed by atoms with Crippen LogP contribution < -0.4 is 4.74 Å². The molecule has 1 fully saturated rings. The van der Waals surface area contributed by atoms with E-state index in [1.807, 2.05) is 6.20 Å². The summed E-state index contributed by atoms with van der Waals surface area (Å²) in [4.78, 5) is 4.67. The molecule has 0 aromatic carbocycles. The van der Waals surface area contributed by atoms with Crippen molar-refractivity contribution >= 4 is 0 Å². The molecule has 0 radical (unpaired) electrons. The summed E-state index contributed by atoms with van der Waals surface area (Å²) >= 11 is 0. The molecule has 2 nitrogen and oxygen atoms in total. The van der Waals surface area contributed by atoms with Gasteiger partial charge >= 0.3 is 0 Å². The zero-order valence-electron chi connectivity index (χ0n) is 16.2. The number of hydrogen-bond acceptors (Lipinski definition) is 2. The van der Waals surface area contributed by atoms with Gasteiger partial charge in [-0.1, -0.05) is 52.4 Å². The Kier molecular flexibility index (Phi) is 8.63. The fourth-order valence-corrected chi connectivity index (χ4v) is 3.85. The maximum atomic E-state index is 6.22. The molecule has 1 aromatic heterocycles. The third-order valence-electron chi connectivity index (χ3n) is 5.49. The Morgan fingerprint density at radius 2 is 1.75 bits per heavy atom. The summed E-state index contributed by atoms with van der Waals surface area (Å²) in [7, 11) is 0. The lowest BCUT2D eigenvalue weighted by molar-refractivity contribution is 0.127. The van der Waals surface area contributed by atoms with Gasteiger partial charge in [0.05, 0.1) is 12.3 Å². The zero-order chi connectivity index (χ0) is 17.2. The molecule has 1 heterocycles. The third kappa shape index (κ3) is 6.45. The average Bonchev–Trinajstić information content (AvgIpc) is 2.60. The molecule has 2 rings (SSSR count). The molecule has 0 aliphatic heterocycles. The summed E-state index contributed by atoms with van der Waals surface area (Å²) in [6, 6.07) is 2.20. The fraction of sp³-hybridized carbons (Fsp3) is 0.773. The maximum Gasteiger partial charge on any atom is 0.138 e. The van der Waals surface area contributed by atoms with Gasteiger partial charge in [0.2, 0.25) is 0 Å². The zero-order valence-corrected chi connectivity index (χ0v) is 16.2. The third-order valence-corrected chi connectivity index (χ3v) is 5.49. The molecule has 0 unspecified atom stereocenters. The van der Waals surface area contributed by atoms with Crippen molar-refractivity contribution in [2.45, 2.75) is 104 Å². The fourth-order valence-electron chi connectivity index (χ4n) is 3.85. The largest absolute Gasteiger partial charge is 0.489 e. The molecule has 136 valence electrons. The van der Waals surface area contributed by atoms with E-state index in [0.717, 1.165) is 18.1 Å². The van der Waals surface area contributed by atoms with Gasteiger partial charge in [0, 0.05) is 5.69 Å². The van der Waals surface area contributed by atoms with Crippen LogP contribution in [0.1, 0.15) is 95.7 Å². The van der Waals surface area contributed by atoms with Crippen molar-refractivity contribution in [3.8, 4) is 5.75 Å². The Morgan fingerprint density at radius 1 is 1.00 bits per heavy atom. The molecule has 1 aromatic rings. The SMILES string of the molecule is CCCCCCc1ncc(OC2CCC(CCCC)CC2)cc1C. The minimum atomic E-state index is 0.402. The predicted octanol–water partition coefficient (Wildman–Crippen LogP) is 6.64. The summed E-state index contributed by atoms with van der Waals surface area (Å²) < 4.78 is 6.22. The van der Waals surface area contributed by atoms with E-state index >= 15 is 0 Å². The van der Waals surface area contributed by atoms with Gasteiger partial charge in [-0.25, -0.2) is 0 Å². The van der Waals surface area contributed by atoms with Gasteiger partial charge < -0.3 is 4.74 Å². The van der Waals surface area contributed by atoms with Crippen molar-refractivity contribution < 1.29 is 4.74 Å². The van der Waals surface area contributed by atoms with Gasteiger partial charge in [0.15, 0.2) is 0 Å². The lowest BCUT2D eigenvalue weighted by atomic mass is 9.84. The summed E-state index contributed by atoms with van der Waals surface area (Å²) in [5, 5.41) is 0. The second-order valence-electron chi connectivity index (χ2n) is 7.65. The quantitative estimate of drug-likeness (QED) is 0.448. The van der Waals surface area contributed by atoms with Crippen LogP contribution in [0.25, 0.3) is 0 Å². The molecule has 0 saturated heterocycles. The molecule has 0 amide bonds. The van der Waals surface area contributed by atoms with Crippen molar-refractivity contribution in [1.29, 1.82) is 0 Å². The van der Waals surface area contributed by atoms with Crippen LogP contribution in [0.4, 0.5) is 0 Å². The van der Waals surface area contributed by atoms with E-state index < -0.39 is 0 Å². The second-order valence-corrected chi connectivity index (χ2v) is 7.65. The molecule has 1 aliphatic rings. The highest BCUT2D eigenvalue weighted by atomic mass is 16.5. The minimum absolute atomic E-state index is 0.402. The minimum Gasteiger partial charge on any atom is -0.489 e. The summed E-state index contributed by atoms with van der Waals surface area (Å²) in [6.07, 6.45) is 17.9. The van der Waals surface area contributed by atoms with E-state index in [1.165, 1.54) is 81.9 Å². The lowest BCUT2D eigenvalue weighted by Crippen LogP contribution is -2.24. The number of aryl methyl sites for hydroxylation is 2. The van der Waals surface area contributed by atoms with Crippen LogP contribution in [0.2, 0.25) is 0 Å². The molecule has 0 spiro atoms. The average molecular weight is 332 g/mol. The highest BCUT2D eigenvalue weighted by Gasteiger charge is 2.22. The van der Waals surface area contributed by atoms with Gasteiger partial charge in [-0.3, -0.25) is 4.98 Å². The van der Waals surface area contributed by atoms with Crippen LogP contribution in [-0.2, 0) is 6.42 Å². The van der Waals surface area contributed by atoms with Crippen LogP contribution in [0.15, 0.2) is 12.3 Å². The monoisotopic (exact) mass is 331 g/mol. The molecule has 0 atom stereocenters. The molecule has 1 saturated carbocycles. The molecule has 0 N–H and O–H groups in total. The van der Waals surface area contributed by atoms with Gasteiger partial charge in [0.1, 0.15) is 5.75 Å². The Hall–Kier alpha value is -1.05. The second kappa shape index (κ2) is 10.7. The van der Waals surface area contributed by atoms with Gasteiger partial charge in [-0.05, 0) is 63.0 Å². The topological polar surface area (TPSA) is 22.1 Å². The van der Waals surface area contributed by atoms with Gasteiger partial charge in [-0.15, -0.1) is 0 Å². The number of pyridine rings is 1. The van der Waals surface area contributed by atoms with Crippen molar-refractivity contribution in [2.24, 2.45) is 5.92 Å². The first-order valence-corrected chi connectivity index (χ1v) is 10.3. The number of hydrogen-bond donors (Lipinski definition) is 0. The molecular formula is C22H37NO. The van der Waals surface area contributed by atoms with Crippen LogP contribution in [-0.4, -0.2) is 11.1 Å². The van der Waals surface area contributed by atoms with E-state index in [-0.39, 0.29) is 0 Å². The molecule has 24 heavy (non-hydrogen) atoms. The Balaban J connectivity index is 1.76. The highest BCUT2D eigenvalue weighted by molar-refractivity contribution is 5.28. The smallest absolute Gasteiger partial charge is 0.138 e. The van der Waals surface area contributed by atoms with Crippen molar-refractivity contribution in [1.82, 2.24) is 4.98 Å². The lowest BCUT2D eigenvalue weighted by Gasteiger charge is -2.29. The molecule has 2 heteroatoms. The number of nitrogens with zero attached hydrogens (tertiary/aromatic N) is 1. The predicted molar refractivity (Wildman–Crippen MR) is 103 cm³/mol. The molecule has 1 aliphatic carbocycles. The first kappa shape index (κ1) is 19.3. The van der Waals surface area contributed by atoms with E-state index in [0.29, 0.717) is 6.10 Å². The number of ether oxygens (including phenoxy) is 1. The number of unbranched alkanes of at least 4 members (excludes halogenated alkanes) is 4. The first-order chi connectivity index (χ1) is 11.7. The van der Waals surface area contributed by atoms with Crippen LogP contribution in [0.5, 0.6) is 5.75 Å². The summed E-state index contributed by atoms with van der Waals surface area (Å²) in [6.45, 7) is 6.72. The van der Waals surface area contributed by atoms with Crippen LogP contribution in [0.3, 0.4) is 0 Å². The maximum absolute atomic E-state index is 6.22. The molecular weight excluding hydrogens is 294 g/mol. The van der Waals surface area contributed by atoms with Crippen molar-refractivity contribution in [3.05, 3.63) is 23.5 Å². The Morgan fingerprint density at radius 3 is 2.42 bits per heavy atom. The standard InChI is InChI=1S/C22H37NO/c1-4-6-8-9-11-22-18(3)16-21(17-23-22)24-20-14-12-19(13-15-20)10-7-5-2/h16-17,19-20H,4-15H2,1-3H3. The first-order valence-electron chi connectivity index (χ1n) is 10.3. The van der Waals surface area contributed by atoms with E-state index in [2.05, 4.69) is 31.8 Å². The van der Waals surface area contributed by atoms with E-state index in [9.17, 15) is 0 Å². The van der Waals surface area contributed by atoms with E-state index in [4.69, 9.17) is 4.74 Å². The highest BCUT2D eigenvalue weighted by Crippen LogP contribution is 2.31. The summed E-state index contributed by atoms with van der Waals surface area (Å²) in [5.74, 6) is 1.91. The van der Waals surface area contributed by atoms with Crippen LogP contribution >= 0.6 is 0 Å². The van der Waals surface area contributed by atoms with E-state index in [1.54, 1.807) is 0 Å². The van der Waals surface area contributed by atoms with Crippen LogP contribution in [0, 0.1) is 12.8 Å². The van der Waals surface area contributed by atoms with Crippen molar-refractivity contribution in [2.75, 3.05) is 0 Å². The van der Waals surface area contributed by atoms with Gasteiger partial charge in [0.25, 0.3) is 0 Å². The van der Waals surface area contributed by atoms with Crippen molar-refractivity contribution in [3.63, 3.8) is 0 Å². The Bertz CT molecular complexity index is 463. The number of rotatable bonds is 10. The Labute approximate surface area is 149 Å². The van der Waals surface area contributed by atoms with Gasteiger partial charge in [-0.2, -0.15) is 0 Å². The molecule has 0 bridgehead atoms.